The summed E-state index contributed by atoms with van der Waals surface area (Å²) in [6, 6.07) is -0.941. The molecule has 1 rings (SSSR count). The van der Waals surface area contributed by atoms with Crippen LogP contribution in [0.3, 0.4) is 0 Å². The fourth-order valence-electron chi connectivity index (χ4n) is 11.2. The SMILES string of the molecule is CCCCCCCCCCCCCCCCCCCCCC/C=C/C(O)C(COC1OC(CO)C(O)C(OS(=O)(=O)O)C1O)NC(=O)CCCCCCCCCCCCCCCCCCCCCCCCCCCCCCC. The predicted molar refractivity (Wildman–Crippen MR) is 324 cm³/mol. The van der Waals surface area contributed by atoms with Gasteiger partial charge in [0, 0.05) is 6.42 Å². The predicted octanol–water partition coefficient (Wildman–Crippen LogP) is 17.0. The highest BCUT2D eigenvalue weighted by Crippen LogP contribution is 2.26. The third-order valence-electron chi connectivity index (χ3n) is 16.3. The molecule has 1 aliphatic heterocycles. The molecule has 7 atom stereocenters. The number of hydrogen-bond acceptors (Lipinski definition) is 10. The molecule has 6 N–H and O–H groups in total. The van der Waals surface area contributed by atoms with Gasteiger partial charge in [-0.1, -0.05) is 328 Å². The molecule has 0 aromatic rings. The molecule has 13 heteroatoms. The van der Waals surface area contributed by atoms with Crippen LogP contribution in [0, 0.1) is 0 Å². The summed E-state index contributed by atoms with van der Waals surface area (Å²) >= 11 is 0. The topological polar surface area (TPSA) is 192 Å². The Morgan fingerprint density at radius 2 is 0.808 bits per heavy atom. The summed E-state index contributed by atoms with van der Waals surface area (Å²) in [5.74, 6) is -0.253. The monoisotopic (exact) mass is 1130 g/mol. The molecule has 464 valence electrons. The molecule has 0 aromatic carbocycles. The molecule has 78 heavy (non-hydrogen) atoms. The zero-order valence-corrected chi connectivity index (χ0v) is 51.6. The molecule has 0 radical (unpaired) electrons. The molecule has 1 fully saturated rings. The summed E-state index contributed by atoms with van der Waals surface area (Å²) in [5.41, 5.74) is 0. The summed E-state index contributed by atoms with van der Waals surface area (Å²) in [5, 5.41) is 45.1. The lowest BCUT2D eigenvalue weighted by atomic mass is 9.99. The lowest BCUT2D eigenvalue weighted by Crippen LogP contribution is -2.61. The van der Waals surface area contributed by atoms with Crippen molar-refractivity contribution in [2.24, 2.45) is 0 Å². The van der Waals surface area contributed by atoms with Crippen LogP contribution in [0.25, 0.3) is 0 Å². The van der Waals surface area contributed by atoms with Gasteiger partial charge < -0.3 is 35.2 Å². The number of nitrogens with one attached hydrogen (secondary N) is 1. The van der Waals surface area contributed by atoms with Gasteiger partial charge in [0.25, 0.3) is 0 Å². The van der Waals surface area contributed by atoms with Crippen LogP contribution in [0.1, 0.15) is 341 Å². The Kier molecular flexibility index (Phi) is 52.8. The lowest BCUT2D eigenvalue weighted by Gasteiger charge is -2.41. The molecule has 0 saturated carbocycles. The molecule has 1 heterocycles. The van der Waals surface area contributed by atoms with Gasteiger partial charge in [-0.2, -0.15) is 8.42 Å². The molecule has 1 amide bonds. The zero-order chi connectivity index (χ0) is 56.8. The molecule has 0 aliphatic carbocycles. The quantitative estimate of drug-likeness (QED) is 0.0193. The zero-order valence-electron chi connectivity index (χ0n) is 50.8. The maximum Gasteiger partial charge on any atom is 0.397 e. The van der Waals surface area contributed by atoms with E-state index in [1.165, 1.54) is 276 Å². The Morgan fingerprint density at radius 3 is 1.12 bits per heavy atom. The van der Waals surface area contributed by atoms with Gasteiger partial charge in [0.15, 0.2) is 6.29 Å². The van der Waals surface area contributed by atoms with Crippen LogP contribution in [0.15, 0.2) is 12.2 Å². The highest BCUT2D eigenvalue weighted by atomic mass is 32.3. The minimum absolute atomic E-state index is 0.253. The average molecular weight is 1130 g/mol. The molecule has 0 aromatic heterocycles. The van der Waals surface area contributed by atoms with Crippen LogP contribution < -0.4 is 5.32 Å². The average Bonchev–Trinajstić information content (AvgIpc) is 3.45. The van der Waals surface area contributed by atoms with Gasteiger partial charge in [0.1, 0.15) is 24.4 Å². The lowest BCUT2D eigenvalue weighted by molar-refractivity contribution is -0.298. The number of hydrogen-bond donors (Lipinski definition) is 6. The molecule has 12 nitrogen and oxygen atoms in total. The van der Waals surface area contributed by atoms with Gasteiger partial charge >= 0.3 is 10.4 Å². The number of ether oxygens (including phenoxy) is 2. The van der Waals surface area contributed by atoms with Gasteiger partial charge in [0.05, 0.1) is 25.4 Å². The van der Waals surface area contributed by atoms with Crippen molar-refractivity contribution in [3.8, 4) is 0 Å². The van der Waals surface area contributed by atoms with Crippen molar-refractivity contribution < 1.29 is 51.8 Å². The molecule has 1 saturated heterocycles. The van der Waals surface area contributed by atoms with Crippen molar-refractivity contribution in [3.63, 3.8) is 0 Å². The number of rotatable bonds is 60. The summed E-state index contributed by atoms with van der Waals surface area (Å²) in [6.07, 6.45) is 59.9. The van der Waals surface area contributed by atoms with E-state index in [1.807, 2.05) is 6.08 Å². The second-order valence-electron chi connectivity index (χ2n) is 23.8. The van der Waals surface area contributed by atoms with E-state index in [2.05, 4.69) is 23.3 Å². The van der Waals surface area contributed by atoms with Crippen molar-refractivity contribution >= 4 is 16.3 Å². The van der Waals surface area contributed by atoms with Gasteiger partial charge in [-0.3, -0.25) is 9.35 Å². The van der Waals surface area contributed by atoms with E-state index in [9.17, 15) is 38.2 Å². The number of carbonyl (C=O) groups excluding carboxylic acids is 1. The minimum Gasteiger partial charge on any atom is -0.394 e. The van der Waals surface area contributed by atoms with Crippen LogP contribution in [0.2, 0.25) is 0 Å². The largest absolute Gasteiger partial charge is 0.397 e. The normalized spacial score (nSPS) is 18.8. The number of allylic oxidation sites excluding steroid dienone is 1. The first-order chi connectivity index (χ1) is 38.0. The van der Waals surface area contributed by atoms with Crippen molar-refractivity contribution in [3.05, 3.63) is 12.2 Å². The van der Waals surface area contributed by atoms with Crippen molar-refractivity contribution in [2.75, 3.05) is 13.2 Å². The van der Waals surface area contributed by atoms with Crippen LogP contribution in [-0.2, 0) is 28.9 Å². The van der Waals surface area contributed by atoms with E-state index in [4.69, 9.17) is 9.47 Å². The Bertz CT molecular complexity index is 1420. The minimum atomic E-state index is -5.09. The molecule has 1 aliphatic rings. The Hall–Kier alpha value is -1.16. The molecular formula is C65H127NO11S. The fraction of sp³-hybridized carbons (Fsp3) is 0.954. The van der Waals surface area contributed by atoms with Crippen molar-refractivity contribution in [1.82, 2.24) is 5.32 Å². The van der Waals surface area contributed by atoms with Gasteiger partial charge in [-0.25, -0.2) is 4.18 Å². The van der Waals surface area contributed by atoms with Crippen LogP contribution >= 0.6 is 0 Å². The fourth-order valence-corrected chi connectivity index (χ4v) is 11.7. The smallest absolute Gasteiger partial charge is 0.394 e. The first-order valence-electron chi connectivity index (χ1n) is 33.6. The van der Waals surface area contributed by atoms with Crippen molar-refractivity contribution in [1.29, 1.82) is 0 Å². The standard InChI is InChI=1S/C65H127NO11S/c1-3-5-7-9-11-13-15-17-19-21-23-25-27-28-29-30-31-32-33-35-37-39-41-43-45-47-49-51-53-55-61(69)66-58(57-75-65-63(71)64(77-78(72,73)74)62(70)60(56-67)76-65)59(68)54-52-50-48-46-44-42-40-38-36-34-26-24-22-20-18-16-14-12-10-8-6-4-2/h52,54,58-60,62-65,67-68,70-71H,3-51,53,55-57H2,1-2H3,(H,66,69)(H,72,73,74)/b54-52+. The van der Waals surface area contributed by atoms with E-state index >= 15 is 0 Å². The molecule has 0 spiro atoms. The highest BCUT2D eigenvalue weighted by molar-refractivity contribution is 7.80. The van der Waals surface area contributed by atoms with Crippen LogP contribution in [0.4, 0.5) is 0 Å². The van der Waals surface area contributed by atoms with Crippen molar-refractivity contribution in [2.45, 2.75) is 384 Å². The number of unbranched alkanes of at least 4 members (excludes halogenated alkanes) is 48. The number of aliphatic hydroxyl groups is 4. The number of amides is 1. The second kappa shape index (κ2) is 55.1. The number of aliphatic hydroxyl groups excluding tert-OH is 4. The summed E-state index contributed by atoms with van der Waals surface area (Å²) in [4.78, 5) is 13.2. The van der Waals surface area contributed by atoms with Gasteiger partial charge in [-0.05, 0) is 19.3 Å². The Balaban J connectivity index is 2.26. The molecule has 7 unspecified atom stereocenters. The van der Waals surface area contributed by atoms with Gasteiger partial charge in [0.2, 0.25) is 5.91 Å². The van der Waals surface area contributed by atoms with E-state index in [1.54, 1.807) is 6.08 Å². The third kappa shape index (κ3) is 46.3. The Labute approximate surface area is 480 Å². The van der Waals surface area contributed by atoms with Crippen LogP contribution in [0.5, 0.6) is 0 Å². The summed E-state index contributed by atoms with van der Waals surface area (Å²) < 4.78 is 48.0. The maximum absolute atomic E-state index is 13.2. The first-order valence-corrected chi connectivity index (χ1v) is 34.9. The van der Waals surface area contributed by atoms with E-state index in [-0.39, 0.29) is 18.9 Å². The third-order valence-corrected chi connectivity index (χ3v) is 16.8. The van der Waals surface area contributed by atoms with E-state index < -0.39 is 59.9 Å². The summed E-state index contributed by atoms with van der Waals surface area (Å²) in [6.45, 7) is 3.46. The van der Waals surface area contributed by atoms with Gasteiger partial charge in [-0.15, -0.1) is 0 Å². The maximum atomic E-state index is 13.2. The highest BCUT2D eigenvalue weighted by Gasteiger charge is 2.48. The van der Waals surface area contributed by atoms with Crippen LogP contribution in [-0.4, -0.2) is 95.4 Å². The Morgan fingerprint density at radius 1 is 0.500 bits per heavy atom. The molecular weight excluding hydrogens is 1000 g/mol. The number of carbonyl (C=O) groups is 1. The molecule has 0 bridgehead atoms. The van der Waals surface area contributed by atoms with E-state index in [0.29, 0.717) is 6.42 Å². The second-order valence-corrected chi connectivity index (χ2v) is 24.8. The first kappa shape index (κ1) is 74.9. The van der Waals surface area contributed by atoms with E-state index in [0.717, 1.165) is 38.5 Å². The summed E-state index contributed by atoms with van der Waals surface area (Å²) in [7, 11) is -5.09.